The number of nitrogens with zero attached hydrogens (tertiary/aromatic N) is 2. The minimum atomic E-state index is -0.611. The lowest BCUT2D eigenvalue weighted by Crippen LogP contribution is -2.57. The van der Waals surface area contributed by atoms with Crippen molar-refractivity contribution in [1.29, 1.82) is 0 Å². The van der Waals surface area contributed by atoms with Crippen molar-refractivity contribution in [1.82, 2.24) is 9.80 Å². The predicted octanol–water partition coefficient (Wildman–Crippen LogP) is 4.10. The van der Waals surface area contributed by atoms with Gasteiger partial charge in [0.1, 0.15) is 12.6 Å². The summed E-state index contributed by atoms with van der Waals surface area (Å²) in [6.45, 7) is 10.9. The second kappa shape index (κ2) is 11.9. The van der Waals surface area contributed by atoms with Crippen LogP contribution in [0, 0.1) is 11.8 Å². The summed E-state index contributed by atoms with van der Waals surface area (Å²) in [5.41, 5.74) is 0. The molecule has 5 atom stereocenters. The van der Waals surface area contributed by atoms with Crippen LogP contribution in [0.3, 0.4) is 0 Å². The molecule has 4 rings (SSSR count). The fraction of sp³-hybridized carbons (Fsp3) is 0.759. The van der Waals surface area contributed by atoms with Gasteiger partial charge in [-0.25, -0.2) is 0 Å². The summed E-state index contributed by atoms with van der Waals surface area (Å²) in [5.74, 6) is -1.50. The molecule has 1 aliphatic carbocycles. The minimum Gasteiger partial charge on any atom is -0.461 e. The van der Waals surface area contributed by atoms with Crippen LogP contribution in [0.5, 0.6) is 0 Å². The Hall–Kier alpha value is -1.80. The van der Waals surface area contributed by atoms with Crippen molar-refractivity contribution in [2.24, 2.45) is 11.8 Å². The molecule has 2 bridgehead atoms. The number of carbonyl (C=O) groups excluding carboxylic acids is 3. The average molecular weight is 533 g/mol. The summed E-state index contributed by atoms with van der Waals surface area (Å²) in [5, 5.41) is 9.14. The third kappa shape index (κ3) is 5.12. The first-order valence-electron chi connectivity index (χ1n) is 14.1. The zero-order chi connectivity index (χ0) is 26.6. The van der Waals surface area contributed by atoms with Gasteiger partial charge in [-0.3, -0.25) is 14.4 Å². The molecular formula is C29H44N2O5S. The second-order valence-corrected chi connectivity index (χ2v) is 13.3. The smallest absolute Gasteiger partial charge is 0.311 e. The largest absolute Gasteiger partial charge is 0.461 e. The number of unbranched alkanes of at least 4 members (excludes halogenated alkanes) is 3. The van der Waals surface area contributed by atoms with Gasteiger partial charge in [-0.1, -0.05) is 50.8 Å². The summed E-state index contributed by atoms with van der Waals surface area (Å²) in [6, 6.07) is -0.405. The number of ether oxygens (including phenoxy) is 1. The van der Waals surface area contributed by atoms with E-state index in [1.54, 1.807) is 23.9 Å². The first-order valence-corrected chi connectivity index (χ1v) is 15.0. The van der Waals surface area contributed by atoms with Gasteiger partial charge < -0.3 is 19.6 Å². The van der Waals surface area contributed by atoms with Gasteiger partial charge in [-0.2, -0.15) is 0 Å². The molecule has 0 aromatic heterocycles. The van der Waals surface area contributed by atoms with E-state index in [1.807, 2.05) is 9.80 Å². The molecular weight excluding hydrogens is 488 g/mol. The van der Waals surface area contributed by atoms with Gasteiger partial charge in [0.15, 0.2) is 0 Å². The number of likely N-dealkylation sites (tertiary alicyclic amines) is 1. The molecule has 3 aliphatic heterocycles. The van der Waals surface area contributed by atoms with E-state index < -0.39 is 27.4 Å². The molecule has 3 heterocycles. The highest BCUT2D eigenvalue weighted by molar-refractivity contribution is 8.02. The highest BCUT2D eigenvalue weighted by Crippen LogP contribution is 2.71. The maximum Gasteiger partial charge on any atom is 0.311 e. The van der Waals surface area contributed by atoms with Crippen molar-refractivity contribution in [3.8, 4) is 0 Å². The molecule has 4 aliphatic rings. The van der Waals surface area contributed by atoms with E-state index in [1.165, 1.54) is 6.42 Å². The average Bonchev–Trinajstić information content (AvgIpc) is 3.46. The summed E-state index contributed by atoms with van der Waals surface area (Å²) in [4.78, 5) is 45.8. The highest BCUT2D eigenvalue weighted by atomic mass is 32.2. The molecule has 0 aromatic rings. The first kappa shape index (κ1) is 28.2. The van der Waals surface area contributed by atoms with E-state index in [4.69, 9.17) is 9.84 Å². The monoisotopic (exact) mass is 532 g/mol. The van der Waals surface area contributed by atoms with E-state index >= 15 is 0 Å². The molecule has 1 saturated carbocycles. The molecule has 0 radical (unpaired) electrons. The molecule has 4 fully saturated rings. The van der Waals surface area contributed by atoms with Crippen LogP contribution < -0.4 is 0 Å². The molecule has 37 heavy (non-hydrogen) atoms. The number of amides is 2. The van der Waals surface area contributed by atoms with Gasteiger partial charge >= 0.3 is 5.97 Å². The quantitative estimate of drug-likeness (QED) is 0.218. The number of rotatable bonds is 13. The summed E-state index contributed by atoms with van der Waals surface area (Å²) in [6.07, 6.45) is 13.6. The van der Waals surface area contributed by atoms with E-state index in [-0.39, 0.29) is 37.0 Å². The number of esters is 1. The molecule has 1 spiro atoms. The second-order valence-electron chi connectivity index (χ2n) is 11.4. The predicted molar refractivity (Wildman–Crippen MR) is 146 cm³/mol. The fourth-order valence-corrected chi connectivity index (χ4v) is 9.73. The van der Waals surface area contributed by atoms with Crippen LogP contribution in [0.2, 0.25) is 0 Å². The Morgan fingerprint density at radius 2 is 1.86 bits per heavy atom. The number of aliphatic hydroxyl groups excluding tert-OH is 1. The highest BCUT2D eigenvalue weighted by Gasteiger charge is 2.77. The topological polar surface area (TPSA) is 87.1 Å². The third-order valence-electron chi connectivity index (χ3n) is 9.04. The van der Waals surface area contributed by atoms with Gasteiger partial charge in [-0.15, -0.1) is 18.3 Å². The minimum absolute atomic E-state index is 0.0230. The van der Waals surface area contributed by atoms with Crippen LogP contribution in [0.15, 0.2) is 25.3 Å². The Labute approximate surface area is 226 Å². The van der Waals surface area contributed by atoms with Crippen LogP contribution in [-0.4, -0.2) is 80.6 Å². The number of hydrogen-bond donors (Lipinski definition) is 1. The van der Waals surface area contributed by atoms with Crippen molar-refractivity contribution < 1.29 is 24.2 Å². The van der Waals surface area contributed by atoms with Crippen LogP contribution in [-0.2, 0) is 19.1 Å². The molecule has 2 amide bonds. The lowest BCUT2D eigenvalue weighted by Gasteiger charge is -2.41. The zero-order valence-corrected chi connectivity index (χ0v) is 23.2. The normalized spacial score (nSPS) is 32.9. The molecule has 1 N–H and O–H groups in total. The van der Waals surface area contributed by atoms with Crippen molar-refractivity contribution in [3.63, 3.8) is 0 Å². The Bertz CT molecular complexity index is 890. The number of thioether (sulfide) groups is 1. The van der Waals surface area contributed by atoms with Gasteiger partial charge in [-0.05, 0) is 45.4 Å². The maximum absolute atomic E-state index is 14.5. The van der Waals surface area contributed by atoms with Crippen molar-refractivity contribution in [2.75, 3.05) is 26.3 Å². The third-order valence-corrected chi connectivity index (χ3v) is 11.0. The zero-order valence-electron chi connectivity index (χ0n) is 22.4. The van der Waals surface area contributed by atoms with Crippen LogP contribution >= 0.6 is 11.8 Å². The number of hydrogen-bond acceptors (Lipinski definition) is 6. The van der Waals surface area contributed by atoms with Gasteiger partial charge in [0.25, 0.3) is 0 Å². The Balaban J connectivity index is 1.67. The standard InChI is InChI=1S/C29H44N2O5S/c1-4-17-30(21-13-9-8-10-14-21)26(34)24-29-16-15-28(3,37-29)23(27(35)36-20-5-2)22(29)25(33)31(24)18-11-6-7-12-19-32/h4-5,21-24,32H,1-2,6-20H2,3H3/t22-,23-,24?,28+,29?/m0/s1. The molecule has 3 saturated heterocycles. The summed E-state index contributed by atoms with van der Waals surface area (Å²) in [7, 11) is 0. The molecule has 0 aromatic carbocycles. The van der Waals surface area contributed by atoms with Crippen molar-refractivity contribution in [3.05, 3.63) is 25.3 Å². The van der Waals surface area contributed by atoms with E-state index in [2.05, 4.69) is 20.1 Å². The van der Waals surface area contributed by atoms with Gasteiger partial charge in [0.05, 0.1) is 16.6 Å². The molecule has 8 heteroatoms. The molecule has 7 nitrogen and oxygen atoms in total. The summed E-state index contributed by atoms with van der Waals surface area (Å²) < 4.78 is 4.48. The van der Waals surface area contributed by atoms with Crippen molar-refractivity contribution >= 4 is 29.5 Å². The Kier molecular flexibility index (Phi) is 9.10. The maximum atomic E-state index is 14.5. The Morgan fingerprint density at radius 3 is 2.54 bits per heavy atom. The van der Waals surface area contributed by atoms with E-state index in [9.17, 15) is 14.4 Å². The Morgan fingerprint density at radius 1 is 1.14 bits per heavy atom. The lowest BCUT2D eigenvalue weighted by molar-refractivity contribution is -0.154. The fourth-order valence-electron chi connectivity index (χ4n) is 7.39. The van der Waals surface area contributed by atoms with Crippen LogP contribution in [0.25, 0.3) is 0 Å². The molecule has 2 unspecified atom stereocenters. The SMILES string of the molecule is C=CCOC(=O)[C@@H]1[C@H]2C(=O)N(CCCCCCO)C(C(=O)N(CC=C)C3CCCCC3)C23CC[C@@]1(C)S3. The molecule has 206 valence electrons. The van der Waals surface area contributed by atoms with Gasteiger partial charge in [0.2, 0.25) is 11.8 Å². The van der Waals surface area contributed by atoms with Gasteiger partial charge in [0, 0.05) is 30.5 Å². The summed E-state index contributed by atoms with van der Waals surface area (Å²) >= 11 is 1.70. The number of fused-ring (bicyclic) bond motifs is 1. The van der Waals surface area contributed by atoms with E-state index in [0.717, 1.165) is 64.2 Å². The van der Waals surface area contributed by atoms with Crippen LogP contribution in [0.1, 0.15) is 77.6 Å². The van der Waals surface area contributed by atoms with E-state index in [0.29, 0.717) is 13.1 Å². The number of carbonyl (C=O) groups is 3. The first-order chi connectivity index (χ1) is 17.8. The lowest BCUT2D eigenvalue weighted by atomic mass is 9.66. The van der Waals surface area contributed by atoms with Crippen molar-refractivity contribution in [2.45, 2.75) is 99.1 Å². The number of aliphatic hydroxyl groups is 1. The van der Waals surface area contributed by atoms with Crippen LogP contribution in [0.4, 0.5) is 0 Å².